The Bertz CT molecular complexity index is 453. The van der Waals surface area contributed by atoms with Gasteiger partial charge >= 0.3 is 0 Å². The van der Waals surface area contributed by atoms with Gasteiger partial charge in [-0.2, -0.15) is 0 Å². The summed E-state index contributed by atoms with van der Waals surface area (Å²) in [4.78, 5) is 0. The van der Waals surface area contributed by atoms with Gasteiger partial charge in [-0.1, -0.05) is 32.9 Å². The third kappa shape index (κ3) is 1.63. The van der Waals surface area contributed by atoms with E-state index in [9.17, 15) is 0 Å². The van der Waals surface area contributed by atoms with Crippen molar-refractivity contribution in [2.24, 2.45) is 5.41 Å². The molecule has 3 rings (SSSR count). The van der Waals surface area contributed by atoms with Crippen molar-refractivity contribution >= 4 is 0 Å². The molecular formula is C16H23N. The molecule has 1 aromatic rings. The quantitative estimate of drug-likeness (QED) is 0.715. The Morgan fingerprint density at radius 3 is 2.65 bits per heavy atom. The lowest BCUT2D eigenvalue weighted by Crippen LogP contribution is -2.39. The molecule has 0 aromatic heterocycles. The second kappa shape index (κ2) is 3.58. The highest BCUT2D eigenvalue weighted by atomic mass is 15.0. The summed E-state index contributed by atoms with van der Waals surface area (Å²) in [6, 6.07) is 5.20. The maximum Gasteiger partial charge on any atom is 0.0375 e. The number of aryl methyl sites for hydroxylation is 2. The number of hydrogen-bond acceptors (Lipinski definition) is 1. The molecule has 1 aliphatic heterocycles. The van der Waals surface area contributed by atoms with E-state index in [1.165, 1.54) is 24.9 Å². The summed E-state index contributed by atoms with van der Waals surface area (Å²) < 4.78 is 0. The van der Waals surface area contributed by atoms with Crippen LogP contribution in [0.2, 0.25) is 0 Å². The van der Waals surface area contributed by atoms with E-state index in [2.05, 4.69) is 45.1 Å². The van der Waals surface area contributed by atoms with Crippen molar-refractivity contribution in [3.8, 4) is 0 Å². The molecule has 2 aliphatic rings. The van der Waals surface area contributed by atoms with Crippen LogP contribution in [0.4, 0.5) is 0 Å². The molecule has 0 saturated carbocycles. The van der Waals surface area contributed by atoms with Crippen molar-refractivity contribution < 1.29 is 0 Å². The van der Waals surface area contributed by atoms with Gasteiger partial charge in [0.15, 0.2) is 0 Å². The van der Waals surface area contributed by atoms with Crippen molar-refractivity contribution in [1.82, 2.24) is 5.32 Å². The Morgan fingerprint density at radius 1 is 1.18 bits per heavy atom. The van der Waals surface area contributed by atoms with Gasteiger partial charge in [-0.05, 0) is 53.4 Å². The fourth-order valence-electron chi connectivity index (χ4n) is 3.65. The van der Waals surface area contributed by atoms with Crippen LogP contribution in [-0.2, 0) is 6.42 Å². The molecule has 0 radical (unpaired) electrons. The molecular weight excluding hydrogens is 206 g/mol. The molecule has 0 amide bonds. The topological polar surface area (TPSA) is 12.0 Å². The normalized spacial score (nSPS) is 27.1. The van der Waals surface area contributed by atoms with E-state index in [1.807, 2.05) is 0 Å². The van der Waals surface area contributed by atoms with Crippen molar-refractivity contribution in [2.75, 3.05) is 6.54 Å². The second-order valence-electron chi connectivity index (χ2n) is 6.81. The van der Waals surface area contributed by atoms with Crippen molar-refractivity contribution in [2.45, 2.75) is 52.5 Å². The molecule has 1 heterocycles. The zero-order chi connectivity index (χ0) is 12.2. The standard InChI is InChI=1S/C16H23N/c1-10-5-6-11-7-8-12-9-17-15(16(2,3)4)13(10)14(11)12/h5-6,12,15,17H,7-9H2,1-4H3. The molecule has 1 heteroatoms. The number of hydrogen-bond donors (Lipinski definition) is 1. The highest BCUT2D eigenvalue weighted by Gasteiger charge is 2.38. The predicted octanol–water partition coefficient (Wildman–Crippen LogP) is 3.72. The predicted molar refractivity (Wildman–Crippen MR) is 72.4 cm³/mol. The van der Waals surface area contributed by atoms with Gasteiger partial charge in [0, 0.05) is 12.6 Å². The monoisotopic (exact) mass is 229 g/mol. The van der Waals surface area contributed by atoms with Gasteiger partial charge in [0.2, 0.25) is 0 Å². The first-order chi connectivity index (χ1) is 7.98. The summed E-state index contributed by atoms with van der Waals surface area (Å²) in [5, 5.41) is 3.79. The number of rotatable bonds is 0. The Labute approximate surface area is 105 Å². The minimum absolute atomic E-state index is 0.299. The van der Waals surface area contributed by atoms with Crippen molar-refractivity contribution in [3.05, 3.63) is 34.4 Å². The second-order valence-corrected chi connectivity index (χ2v) is 6.81. The molecule has 0 saturated heterocycles. The van der Waals surface area contributed by atoms with Crippen LogP contribution in [-0.4, -0.2) is 6.54 Å². The van der Waals surface area contributed by atoms with Crippen LogP contribution in [0.3, 0.4) is 0 Å². The minimum atomic E-state index is 0.299. The largest absolute Gasteiger partial charge is 0.309 e. The SMILES string of the molecule is Cc1ccc2c3c1C(C(C)(C)C)NCC3CC2. The van der Waals surface area contributed by atoms with Crippen molar-refractivity contribution in [1.29, 1.82) is 0 Å². The van der Waals surface area contributed by atoms with Crippen LogP contribution in [0, 0.1) is 12.3 Å². The fourth-order valence-corrected chi connectivity index (χ4v) is 3.65. The smallest absolute Gasteiger partial charge is 0.0375 e. The molecule has 0 fully saturated rings. The average Bonchev–Trinajstić information content (AvgIpc) is 2.66. The van der Waals surface area contributed by atoms with E-state index in [0.29, 0.717) is 11.5 Å². The van der Waals surface area contributed by atoms with Crippen LogP contribution in [0.25, 0.3) is 0 Å². The van der Waals surface area contributed by atoms with E-state index in [-0.39, 0.29) is 0 Å². The van der Waals surface area contributed by atoms with Crippen LogP contribution in [0.1, 0.15) is 61.4 Å². The summed E-state index contributed by atoms with van der Waals surface area (Å²) in [6.07, 6.45) is 2.63. The van der Waals surface area contributed by atoms with Gasteiger partial charge in [-0.3, -0.25) is 0 Å². The summed E-state index contributed by atoms with van der Waals surface area (Å²) in [7, 11) is 0. The molecule has 92 valence electrons. The lowest BCUT2D eigenvalue weighted by molar-refractivity contribution is 0.253. The molecule has 1 aliphatic carbocycles. The summed E-state index contributed by atoms with van der Waals surface area (Å²) in [5.74, 6) is 0.776. The fraction of sp³-hybridized carbons (Fsp3) is 0.625. The van der Waals surface area contributed by atoms with Gasteiger partial charge in [0.05, 0.1) is 0 Å². The lowest BCUT2D eigenvalue weighted by atomic mass is 9.74. The molecule has 1 N–H and O–H groups in total. The third-order valence-corrected chi connectivity index (χ3v) is 4.49. The zero-order valence-corrected chi connectivity index (χ0v) is 11.4. The molecule has 1 aromatic carbocycles. The summed E-state index contributed by atoms with van der Waals surface area (Å²) >= 11 is 0. The maximum atomic E-state index is 3.79. The Morgan fingerprint density at radius 2 is 1.94 bits per heavy atom. The van der Waals surface area contributed by atoms with E-state index in [0.717, 1.165) is 5.92 Å². The van der Waals surface area contributed by atoms with Crippen LogP contribution in [0.15, 0.2) is 12.1 Å². The van der Waals surface area contributed by atoms with E-state index in [1.54, 1.807) is 16.7 Å². The molecule has 1 nitrogen and oxygen atoms in total. The van der Waals surface area contributed by atoms with Gasteiger partial charge in [-0.25, -0.2) is 0 Å². The van der Waals surface area contributed by atoms with Gasteiger partial charge < -0.3 is 5.32 Å². The maximum absolute atomic E-state index is 3.79. The molecule has 17 heavy (non-hydrogen) atoms. The summed E-state index contributed by atoms with van der Waals surface area (Å²) in [6.45, 7) is 10.5. The molecule has 2 unspecified atom stereocenters. The Hall–Kier alpha value is -0.820. The van der Waals surface area contributed by atoms with Gasteiger partial charge in [0.25, 0.3) is 0 Å². The van der Waals surface area contributed by atoms with Crippen LogP contribution < -0.4 is 5.32 Å². The number of benzene rings is 1. The first-order valence-electron chi connectivity index (χ1n) is 6.84. The first-order valence-corrected chi connectivity index (χ1v) is 6.84. The highest BCUT2D eigenvalue weighted by molar-refractivity contribution is 5.49. The van der Waals surface area contributed by atoms with Gasteiger partial charge in [0.1, 0.15) is 0 Å². The molecule has 2 atom stereocenters. The summed E-state index contributed by atoms with van der Waals surface area (Å²) in [5.41, 5.74) is 6.70. The average molecular weight is 229 g/mol. The van der Waals surface area contributed by atoms with E-state index < -0.39 is 0 Å². The van der Waals surface area contributed by atoms with E-state index >= 15 is 0 Å². The minimum Gasteiger partial charge on any atom is -0.309 e. The number of nitrogens with one attached hydrogen (secondary N) is 1. The third-order valence-electron chi connectivity index (χ3n) is 4.49. The van der Waals surface area contributed by atoms with Gasteiger partial charge in [-0.15, -0.1) is 0 Å². The first kappa shape index (κ1) is 11.3. The Balaban J connectivity index is 2.20. The molecule has 0 spiro atoms. The highest BCUT2D eigenvalue weighted by Crippen LogP contribution is 2.46. The van der Waals surface area contributed by atoms with Crippen molar-refractivity contribution in [3.63, 3.8) is 0 Å². The zero-order valence-electron chi connectivity index (χ0n) is 11.4. The van der Waals surface area contributed by atoms with E-state index in [4.69, 9.17) is 0 Å². The lowest BCUT2D eigenvalue weighted by Gasteiger charge is -2.40. The Kier molecular flexibility index (Phi) is 2.38. The molecule has 0 bridgehead atoms. The van der Waals surface area contributed by atoms with Crippen LogP contribution >= 0.6 is 0 Å². The van der Waals surface area contributed by atoms with Crippen LogP contribution in [0.5, 0.6) is 0 Å².